The van der Waals surface area contributed by atoms with Crippen molar-refractivity contribution in [3.63, 3.8) is 0 Å². The van der Waals surface area contributed by atoms with Gasteiger partial charge in [-0.2, -0.15) is 9.57 Å². The number of sulfonamides is 1. The van der Waals surface area contributed by atoms with E-state index in [1.54, 1.807) is 0 Å². The minimum Gasteiger partial charge on any atom is -0.377 e. The highest BCUT2D eigenvalue weighted by atomic mass is 32.2. The van der Waals surface area contributed by atoms with Crippen LogP contribution in [0.4, 0.5) is 0 Å². The van der Waals surface area contributed by atoms with Gasteiger partial charge in [0.15, 0.2) is 9.84 Å². The van der Waals surface area contributed by atoms with Crippen LogP contribution in [0.1, 0.15) is 24.8 Å². The van der Waals surface area contributed by atoms with E-state index in [0.29, 0.717) is 6.61 Å². The molecule has 2 saturated heterocycles. The van der Waals surface area contributed by atoms with Crippen LogP contribution in [0.15, 0.2) is 29.2 Å². The number of hydrogen-bond acceptors (Lipinski definition) is 6. The fourth-order valence-corrected chi connectivity index (χ4v) is 6.85. The molecule has 7 nitrogen and oxygen atoms in total. The molecule has 0 aromatic heterocycles. The Morgan fingerprint density at radius 3 is 2.72 bits per heavy atom. The molecule has 9 heteroatoms. The van der Waals surface area contributed by atoms with Gasteiger partial charge < -0.3 is 4.74 Å². The average molecular weight is 384 g/mol. The number of nitriles is 1. The zero-order valence-electron chi connectivity index (χ0n) is 13.7. The molecule has 0 saturated carbocycles. The van der Waals surface area contributed by atoms with Crippen molar-refractivity contribution < 1.29 is 21.6 Å². The standard InChI is InChI=1S/C16H20N2O5S2/c17-10-13-3-1-5-16(9-13)25(21,22)18(11-15-4-2-7-23-15)14-6-8-24(19,20)12-14/h1,3,5,9,14-15H,2,4,6-8,11-12H2/t14-,15+/m1/s1. The first kappa shape index (κ1) is 18.3. The van der Waals surface area contributed by atoms with Crippen LogP contribution >= 0.6 is 0 Å². The maximum atomic E-state index is 13.2. The molecule has 1 aromatic rings. The van der Waals surface area contributed by atoms with Gasteiger partial charge in [0.05, 0.1) is 34.1 Å². The molecule has 0 radical (unpaired) electrons. The van der Waals surface area contributed by atoms with E-state index in [1.165, 1.54) is 28.6 Å². The molecule has 2 aliphatic rings. The predicted molar refractivity (Wildman–Crippen MR) is 91.1 cm³/mol. The van der Waals surface area contributed by atoms with Gasteiger partial charge in [0.25, 0.3) is 0 Å². The van der Waals surface area contributed by atoms with E-state index in [0.717, 1.165) is 12.8 Å². The molecule has 2 atom stereocenters. The Hall–Kier alpha value is -1.47. The topological polar surface area (TPSA) is 105 Å². The predicted octanol–water partition coefficient (Wildman–Crippen LogP) is 0.915. The molecule has 0 unspecified atom stereocenters. The summed E-state index contributed by atoms with van der Waals surface area (Å²) >= 11 is 0. The third-order valence-electron chi connectivity index (χ3n) is 4.59. The van der Waals surface area contributed by atoms with Gasteiger partial charge in [-0.1, -0.05) is 6.07 Å². The van der Waals surface area contributed by atoms with Gasteiger partial charge in [0.2, 0.25) is 10.0 Å². The number of ether oxygens (including phenoxy) is 1. The Kier molecular flexibility index (Phi) is 5.16. The highest BCUT2D eigenvalue weighted by molar-refractivity contribution is 7.92. The lowest BCUT2D eigenvalue weighted by molar-refractivity contribution is 0.0877. The number of benzene rings is 1. The summed E-state index contributed by atoms with van der Waals surface area (Å²) in [6.45, 7) is 0.727. The van der Waals surface area contributed by atoms with Gasteiger partial charge in [-0.3, -0.25) is 0 Å². The highest BCUT2D eigenvalue weighted by Gasteiger charge is 2.40. The quantitative estimate of drug-likeness (QED) is 0.747. The van der Waals surface area contributed by atoms with E-state index in [-0.39, 0.29) is 41.0 Å². The average Bonchev–Trinajstić information content (AvgIpc) is 3.21. The first-order chi connectivity index (χ1) is 11.8. The van der Waals surface area contributed by atoms with Crippen molar-refractivity contribution in [2.75, 3.05) is 24.7 Å². The third kappa shape index (κ3) is 4.03. The summed E-state index contributed by atoms with van der Waals surface area (Å²) in [5.74, 6) is -0.176. The minimum atomic E-state index is -3.92. The molecule has 2 fully saturated rings. The first-order valence-electron chi connectivity index (χ1n) is 8.16. The minimum absolute atomic E-state index is 0.00650. The second-order valence-corrected chi connectivity index (χ2v) is 10.5. The molecule has 25 heavy (non-hydrogen) atoms. The van der Waals surface area contributed by atoms with Crippen LogP contribution in [-0.2, 0) is 24.6 Å². The Morgan fingerprint density at radius 2 is 2.12 bits per heavy atom. The molecule has 0 amide bonds. The Labute approximate surface area is 148 Å². The molecule has 1 aromatic carbocycles. The van der Waals surface area contributed by atoms with E-state index >= 15 is 0 Å². The maximum absolute atomic E-state index is 13.2. The molecular weight excluding hydrogens is 364 g/mol. The van der Waals surface area contributed by atoms with Crippen LogP contribution < -0.4 is 0 Å². The van der Waals surface area contributed by atoms with Crippen molar-refractivity contribution in [3.8, 4) is 6.07 Å². The molecule has 3 rings (SSSR count). The number of rotatable bonds is 5. The van der Waals surface area contributed by atoms with E-state index < -0.39 is 25.9 Å². The van der Waals surface area contributed by atoms with Crippen molar-refractivity contribution in [3.05, 3.63) is 29.8 Å². The fourth-order valence-electron chi connectivity index (χ4n) is 3.30. The van der Waals surface area contributed by atoms with E-state index in [9.17, 15) is 16.8 Å². The van der Waals surface area contributed by atoms with Crippen LogP contribution in [0.2, 0.25) is 0 Å². The molecule has 0 spiro atoms. The lowest BCUT2D eigenvalue weighted by Crippen LogP contribution is -2.45. The largest absolute Gasteiger partial charge is 0.377 e. The summed E-state index contributed by atoms with van der Waals surface area (Å²) in [5, 5.41) is 9.02. The highest BCUT2D eigenvalue weighted by Crippen LogP contribution is 2.27. The second-order valence-electron chi connectivity index (χ2n) is 6.41. The summed E-state index contributed by atoms with van der Waals surface area (Å²) < 4.78 is 56.8. The summed E-state index contributed by atoms with van der Waals surface area (Å²) in [4.78, 5) is 0.00819. The van der Waals surface area contributed by atoms with Crippen LogP contribution in [0, 0.1) is 11.3 Å². The van der Waals surface area contributed by atoms with Crippen LogP contribution in [-0.4, -0.2) is 57.9 Å². The van der Waals surface area contributed by atoms with Gasteiger partial charge >= 0.3 is 0 Å². The zero-order valence-corrected chi connectivity index (χ0v) is 15.3. The molecule has 0 N–H and O–H groups in total. The number of nitrogens with zero attached hydrogens (tertiary/aromatic N) is 2. The van der Waals surface area contributed by atoms with Gasteiger partial charge in [0, 0.05) is 19.2 Å². The van der Waals surface area contributed by atoms with Crippen molar-refractivity contribution in [1.82, 2.24) is 4.31 Å². The molecule has 2 heterocycles. The van der Waals surface area contributed by atoms with Gasteiger partial charge in [0.1, 0.15) is 0 Å². The number of hydrogen-bond donors (Lipinski definition) is 0. The molecule has 136 valence electrons. The maximum Gasteiger partial charge on any atom is 0.243 e. The van der Waals surface area contributed by atoms with Gasteiger partial charge in [-0.25, -0.2) is 16.8 Å². The smallest absolute Gasteiger partial charge is 0.243 e. The molecule has 0 bridgehead atoms. The Morgan fingerprint density at radius 1 is 1.32 bits per heavy atom. The van der Waals surface area contributed by atoms with Crippen molar-refractivity contribution in [2.45, 2.75) is 36.3 Å². The first-order valence-corrected chi connectivity index (χ1v) is 11.4. The van der Waals surface area contributed by atoms with E-state index in [1.807, 2.05) is 6.07 Å². The lowest BCUT2D eigenvalue weighted by atomic mass is 10.2. The van der Waals surface area contributed by atoms with E-state index in [2.05, 4.69) is 0 Å². The summed E-state index contributed by atoms with van der Waals surface area (Å²) in [5.41, 5.74) is 0.247. The fraction of sp³-hybridized carbons (Fsp3) is 0.562. The summed E-state index contributed by atoms with van der Waals surface area (Å²) in [6, 6.07) is 7.14. The SMILES string of the molecule is N#Cc1cccc(S(=O)(=O)N(C[C@@H]2CCCO2)[C@@H]2CCS(=O)(=O)C2)c1. The van der Waals surface area contributed by atoms with Gasteiger partial charge in [-0.15, -0.1) is 0 Å². The van der Waals surface area contributed by atoms with Gasteiger partial charge in [-0.05, 0) is 37.5 Å². The van der Waals surface area contributed by atoms with Crippen LogP contribution in [0.25, 0.3) is 0 Å². The molecular formula is C16H20N2O5S2. The monoisotopic (exact) mass is 384 g/mol. The van der Waals surface area contributed by atoms with Crippen molar-refractivity contribution in [1.29, 1.82) is 5.26 Å². The van der Waals surface area contributed by atoms with E-state index in [4.69, 9.17) is 10.00 Å². The molecule has 2 aliphatic heterocycles. The van der Waals surface area contributed by atoms with Crippen molar-refractivity contribution in [2.24, 2.45) is 0 Å². The normalized spacial score (nSPS) is 25.9. The van der Waals surface area contributed by atoms with Crippen LogP contribution in [0.5, 0.6) is 0 Å². The van der Waals surface area contributed by atoms with Crippen molar-refractivity contribution >= 4 is 19.9 Å². The Bertz CT molecular complexity index is 883. The second kappa shape index (κ2) is 7.03. The zero-order chi connectivity index (χ0) is 18.1. The lowest BCUT2D eigenvalue weighted by Gasteiger charge is -2.29. The van der Waals surface area contributed by atoms with Crippen LogP contribution in [0.3, 0.4) is 0 Å². The third-order valence-corrected chi connectivity index (χ3v) is 8.26. The molecule has 0 aliphatic carbocycles. The Balaban J connectivity index is 1.95. The summed E-state index contributed by atoms with van der Waals surface area (Å²) in [7, 11) is -7.15. The summed E-state index contributed by atoms with van der Waals surface area (Å²) in [6.07, 6.45) is 1.68. The number of sulfone groups is 1.